The zero-order valence-electron chi connectivity index (χ0n) is 5.08. The lowest BCUT2D eigenvalue weighted by atomic mass is 10.5. The Kier molecular flexibility index (Phi) is 4.82. The van der Waals surface area contributed by atoms with Gasteiger partial charge in [0.25, 0.3) is 0 Å². The molecule has 1 heterocycles. The average Bonchev–Trinajstić information content (AvgIpc) is 1.76. The Morgan fingerprint density at radius 1 is 1.56 bits per heavy atom. The Morgan fingerprint density at radius 2 is 2.33 bits per heavy atom. The van der Waals surface area contributed by atoms with Gasteiger partial charge in [-0.15, -0.1) is 23.5 Å². The number of hydrogen-bond donors (Lipinski definition) is 1. The summed E-state index contributed by atoms with van der Waals surface area (Å²) < 4.78 is 0. The molecule has 1 aliphatic rings. The number of thioether (sulfide) groups is 3. The SMILES string of the molecule is SCSCSC1CSC1. The third-order valence-corrected chi connectivity index (χ3v) is 5.53. The van der Waals surface area contributed by atoms with Gasteiger partial charge in [-0.1, -0.05) is 0 Å². The molecule has 1 aliphatic heterocycles. The summed E-state index contributed by atoms with van der Waals surface area (Å²) in [7, 11) is 0. The number of thiol groups is 1. The lowest BCUT2D eigenvalue weighted by Crippen LogP contribution is -2.20. The molecule has 0 atom stereocenters. The van der Waals surface area contributed by atoms with Gasteiger partial charge in [-0.3, -0.25) is 0 Å². The fraction of sp³-hybridized carbons (Fsp3) is 1.00. The first-order valence-corrected chi connectivity index (χ1v) is 6.80. The van der Waals surface area contributed by atoms with Gasteiger partial charge >= 0.3 is 0 Å². The van der Waals surface area contributed by atoms with Crippen LogP contribution in [0.5, 0.6) is 0 Å². The fourth-order valence-corrected chi connectivity index (χ4v) is 4.39. The summed E-state index contributed by atoms with van der Waals surface area (Å²) >= 11 is 10.2. The van der Waals surface area contributed by atoms with Crippen molar-refractivity contribution in [3.8, 4) is 0 Å². The van der Waals surface area contributed by atoms with Crippen LogP contribution in [0.25, 0.3) is 0 Å². The van der Waals surface area contributed by atoms with Crippen LogP contribution < -0.4 is 0 Å². The minimum Gasteiger partial charge on any atom is -0.168 e. The van der Waals surface area contributed by atoms with Crippen LogP contribution in [0.2, 0.25) is 0 Å². The summed E-state index contributed by atoms with van der Waals surface area (Å²) in [6.07, 6.45) is 0. The quantitative estimate of drug-likeness (QED) is 0.419. The standard InChI is InChI=1S/C5H10S4/c6-3-8-4-9-5-1-7-2-5/h5-6H,1-4H2. The van der Waals surface area contributed by atoms with Crippen molar-refractivity contribution in [3.63, 3.8) is 0 Å². The molecule has 0 aromatic heterocycles. The van der Waals surface area contributed by atoms with Crippen molar-refractivity contribution in [2.24, 2.45) is 0 Å². The molecule has 0 radical (unpaired) electrons. The van der Waals surface area contributed by atoms with Crippen molar-refractivity contribution in [2.75, 3.05) is 21.7 Å². The molecule has 1 fully saturated rings. The van der Waals surface area contributed by atoms with Crippen LogP contribution in [-0.2, 0) is 0 Å². The van der Waals surface area contributed by atoms with Gasteiger partial charge in [0.1, 0.15) is 0 Å². The summed E-state index contributed by atoms with van der Waals surface area (Å²) in [5.74, 6) is 2.75. The summed E-state index contributed by atoms with van der Waals surface area (Å²) in [5.41, 5.74) is 0. The van der Waals surface area contributed by atoms with Gasteiger partial charge in [0, 0.05) is 26.9 Å². The Hall–Kier alpha value is 1.40. The van der Waals surface area contributed by atoms with E-state index in [-0.39, 0.29) is 0 Å². The molecule has 1 saturated heterocycles. The normalized spacial score (nSPS) is 19.7. The van der Waals surface area contributed by atoms with E-state index in [2.05, 4.69) is 36.2 Å². The average molecular weight is 198 g/mol. The summed E-state index contributed by atoms with van der Waals surface area (Å²) in [6, 6.07) is 0. The lowest BCUT2D eigenvalue weighted by molar-refractivity contribution is 1.09. The van der Waals surface area contributed by atoms with Crippen LogP contribution >= 0.6 is 47.9 Å². The Bertz CT molecular complexity index is 71.4. The van der Waals surface area contributed by atoms with Crippen molar-refractivity contribution >= 4 is 47.9 Å². The molecular weight excluding hydrogens is 188 g/mol. The minimum atomic E-state index is 0.961. The van der Waals surface area contributed by atoms with Gasteiger partial charge in [0.15, 0.2) is 0 Å². The van der Waals surface area contributed by atoms with Crippen LogP contribution in [0.3, 0.4) is 0 Å². The van der Waals surface area contributed by atoms with Gasteiger partial charge in [-0.05, 0) is 0 Å². The molecule has 0 aliphatic carbocycles. The molecule has 9 heavy (non-hydrogen) atoms. The van der Waals surface area contributed by atoms with Crippen LogP contribution in [0.4, 0.5) is 0 Å². The largest absolute Gasteiger partial charge is 0.168 e. The molecule has 0 nitrogen and oxygen atoms in total. The highest BCUT2D eigenvalue weighted by Crippen LogP contribution is 2.31. The number of rotatable bonds is 4. The Labute approximate surface area is 74.7 Å². The van der Waals surface area contributed by atoms with Crippen molar-refractivity contribution in [2.45, 2.75) is 5.25 Å². The van der Waals surface area contributed by atoms with E-state index in [9.17, 15) is 0 Å². The van der Waals surface area contributed by atoms with E-state index in [0.29, 0.717) is 0 Å². The summed E-state index contributed by atoms with van der Waals surface area (Å²) in [4.78, 5) is 0. The highest BCUT2D eigenvalue weighted by Gasteiger charge is 2.17. The highest BCUT2D eigenvalue weighted by atomic mass is 32.2. The number of hydrogen-bond acceptors (Lipinski definition) is 4. The van der Waals surface area contributed by atoms with Crippen molar-refractivity contribution in [1.82, 2.24) is 0 Å². The molecule has 54 valence electrons. The minimum absolute atomic E-state index is 0.961. The second-order valence-electron chi connectivity index (χ2n) is 1.78. The monoisotopic (exact) mass is 198 g/mol. The van der Waals surface area contributed by atoms with E-state index in [1.165, 1.54) is 16.6 Å². The first kappa shape index (κ1) is 8.50. The molecular formula is C5H10S4. The van der Waals surface area contributed by atoms with Crippen LogP contribution in [0, 0.1) is 0 Å². The Balaban J connectivity index is 1.80. The zero-order valence-corrected chi connectivity index (χ0v) is 8.42. The van der Waals surface area contributed by atoms with Crippen LogP contribution in [-0.4, -0.2) is 26.9 Å². The molecule has 0 aromatic carbocycles. The second kappa shape index (κ2) is 5.10. The van der Waals surface area contributed by atoms with Gasteiger partial charge in [-0.2, -0.15) is 24.4 Å². The van der Waals surface area contributed by atoms with Gasteiger partial charge in [0.2, 0.25) is 0 Å². The van der Waals surface area contributed by atoms with Crippen molar-refractivity contribution in [3.05, 3.63) is 0 Å². The van der Waals surface area contributed by atoms with Crippen molar-refractivity contribution < 1.29 is 0 Å². The maximum Gasteiger partial charge on any atom is 0.0403 e. The maximum atomic E-state index is 4.11. The molecule has 4 heteroatoms. The zero-order chi connectivity index (χ0) is 6.53. The second-order valence-corrected chi connectivity index (χ2v) is 6.24. The van der Waals surface area contributed by atoms with Gasteiger partial charge in [-0.25, -0.2) is 0 Å². The van der Waals surface area contributed by atoms with Crippen LogP contribution in [0.1, 0.15) is 0 Å². The fourth-order valence-electron chi connectivity index (χ4n) is 0.492. The van der Waals surface area contributed by atoms with Gasteiger partial charge in [0.05, 0.1) is 0 Å². The lowest BCUT2D eigenvalue weighted by Gasteiger charge is -2.23. The molecule has 0 N–H and O–H groups in total. The van der Waals surface area contributed by atoms with Crippen LogP contribution in [0.15, 0.2) is 0 Å². The molecule has 0 unspecified atom stereocenters. The predicted molar refractivity (Wildman–Crippen MR) is 55.0 cm³/mol. The molecule has 0 saturated carbocycles. The van der Waals surface area contributed by atoms with E-state index in [0.717, 1.165) is 10.3 Å². The van der Waals surface area contributed by atoms with E-state index in [1.807, 2.05) is 11.8 Å². The van der Waals surface area contributed by atoms with E-state index in [1.54, 1.807) is 0 Å². The van der Waals surface area contributed by atoms with E-state index >= 15 is 0 Å². The third-order valence-electron chi connectivity index (χ3n) is 1.09. The molecule has 0 aromatic rings. The highest BCUT2D eigenvalue weighted by molar-refractivity contribution is 8.20. The summed E-state index contributed by atoms with van der Waals surface area (Å²) in [5, 5.41) is 3.16. The summed E-state index contributed by atoms with van der Waals surface area (Å²) in [6.45, 7) is 0. The van der Waals surface area contributed by atoms with Crippen molar-refractivity contribution in [1.29, 1.82) is 0 Å². The predicted octanol–water partition coefficient (Wildman–Crippen LogP) is 2.41. The maximum absolute atomic E-state index is 4.11. The topological polar surface area (TPSA) is 0 Å². The van der Waals surface area contributed by atoms with Gasteiger partial charge < -0.3 is 0 Å². The first-order valence-electron chi connectivity index (χ1n) is 2.81. The molecule has 0 bridgehead atoms. The molecule has 0 spiro atoms. The van der Waals surface area contributed by atoms with E-state index in [4.69, 9.17) is 0 Å². The third kappa shape index (κ3) is 3.35. The van der Waals surface area contributed by atoms with E-state index < -0.39 is 0 Å². The first-order chi connectivity index (χ1) is 4.43. The Morgan fingerprint density at radius 3 is 2.78 bits per heavy atom. The smallest absolute Gasteiger partial charge is 0.0403 e. The molecule has 1 rings (SSSR count). The molecule has 0 amide bonds.